The Labute approximate surface area is 145 Å². The number of benzene rings is 1. The molecule has 1 aromatic carbocycles. The van der Waals surface area contributed by atoms with Crippen LogP contribution in [-0.4, -0.2) is 54.5 Å². The highest BCUT2D eigenvalue weighted by atomic mass is 35.5. The minimum Gasteiger partial charge on any atom is -0.548 e. The predicted molar refractivity (Wildman–Crippen MR) is 88.2 cm³/mol. The first-order valence-electron chi connectivity index (χ1n) is 7.04. The van der Waals surface area contributed by atoms with Gasteiger partial charge in [-0.05, 0) is 24.6 Å². The molecule has 0 saturated heterocycles. The van der Waals surface area contributed by atoms with Gasteiger partial charge >= 0.3 is 0 Å². The van der Waals surface area contributed by atoms with Crippen LogP contribution in [0.1, 0.15) is 15.9 Å². The first-order chi connectivity index (χ1) is 10.9. The summed E-state index contributed by atoms with van der Waals surface area (Å²) in [5.74, 6) is -1.33. The highest BCUT2D eigenvalue weighted by molar-refractivity contribution is 6.18. The summed E-state index contributed by atoms with van der Waals surface area (Å²) in [6.45, 7) is 2.29. The van der Waals surface area contributed by atoms with Gasteiger partial charge in [-0.2, -0.15) is 0 Å². The Morgan fingerprint density at radius 3 is 2.39 bits per heavy atom. The third-order valence-electron chi connectivity index (χ3n) is 3.29. The van der Waals surface area contributed by atoms with Crippen molar-refractivity contribution in [2.45, 2.75) is 13.0 Å². The van der Waals surface area contributed by atoms with Gasteiger partial charge in [0.25, 0.3) is 5.91 Å². The smallest absolute Gasteiger partial charge is 0.251 e. The molecular weight excluding hydrogens is 343 g/mol. The predicted octanol–water partition coefficient (Wildman–Crippen LogP) is 0.120. The summed E-state index contributed by atoms with van der Waals surface area (Å²) in [6.07, 6.45) is 0. The topological polar surface area (TPSA) is 92.7 Å². The highest BCUT2D eigenvalue weighted by Crippen LogP contribution is 2.22. The van der Waals surface area contributed by atoms with Gasteiger partial charge in [-0.15, -0.1) is 23.2 Å². The maximum Gasteiger partial charge on any atom is 0.251 e. The monoisotopic (exact) mass is 361 g/mol. The Morgan fingerprint density at radius 1 is 1.30 bits per heavy atom. The molecule has 0 saturated carbocycles. The van der Waals surface area contributed by atoms with Gasteiger partial charge in [0.1, 0.15) is 0 Å². The molecule has 1 atom stereocenters. The second kappa shape index (κ2) is 9.60. The molecule has 0 heterocycles. The lowest BCUT2D eigenvalue weighted by Gasteiger charge is -2.25. The summed E-state index contributed by atoms with van der Waals surface area (Å²) in [6, 6.07) is 3.53. The summed E-state index contributed by atoms with van der Waals surface area (Å²) < 4.78 is 0. The SMILES string of the molecule is Cc1ccc(C(=O)N[C@@H](CO)C(=O)[O-])cc1N(CCCl)CCCl. The molecule has 0 unspecified atom stereocenters. The van der Waals surface area contributed by atoms with Crippen LogP contribution in [0.2, 0.25) is 0 Å². The van der Waals surface area contributed by atoms with E-state index in [9.17, 15) is 14.7 Å². The third kappa shape index (κ3) is 5.57. The fraction of sp³-hybridized carbons (Fsp3) is 0.467. The number of nitrogens with zero attached hydrogens (tertiary/aromatic N) is 1. The Morgan fingerprint density at radius 2 is 1.91 bits per heavy atom. The number of aliphatic hydroxyl groups excluding tert-OH is 1. The molecular formula is C15H19Cl2N2O4-. The molecule has 0 aromatic heterocycles. The van der Waals surface area contributed by atoms with Crippen LogP contribution in [0.3, 0.4) is 0 Å². The number of alkyl halides is 2. The number of aliphatic hydroxyl groups is 1. The molecule has 1 aromatic rings. The van der Waals surface area contributed by atoms with Gasteiger partial charge in [-0.1, -0.05) is 6.07 Å². The van der Waals surface area contributed by atoms with Crippen molar-refractivity contribution < 1.29 is 19.8 Å². The molecule has 0 radical (unpaired) electrons. The zero-order chi connectivity index (χ0) is 17.4. The van der Waals surface area contributed by atoms with Crippen molar-refractivity contribution in [3.05, 3.63) is 29.3 Å². The number of nitrogens with one attached hydrogen (secondary N) is 1. The van der Waals surface area contributed by atoms with E-state index in [1.54, 1.807) is 18.2 Å². The van der Waals surface area contributed by atoms with E-state index >= 15 is 0 Å². The molecule has 128 valence electrons. The van der Waals surface area contributed by atoms with Gasteiger partial charge in [0.05, 0.1) is 18.6 Å². The summed E-state index contributed by atoms with van der Waals surface area (Å²) in [5, 5.41) is 21.9. The molecule has 6 nitrogen and oxygen atoms in total. The average Bonchev–Trinajstić information content (AvgIpc) is 2.52. The first kappa shape index (κ1) is 19.5. The van der Waals surface area contributed by atoms with Gasteiger partial charge in [0.15, 0.2) is 0 Å². The summed E-state index contributed by atoms with van der Waals surface area (Å²) >= 11 is 11.6. The molecule has 0 aliphatic rings. The molecule has 0 spiro atoms. The molecule has 0 aliphatic carbocycles. The molecule has 1 rings (SSSR count). The van der Waals surface area contributed by atoms with Crippen molar-refractivity contribution in [1.29, 1.82) is 0 Å². The number of aryl methyl sites for hydroxylation is 1. The molecule has 23 heavy (non-hydrogen) atoms. The number of rotatable bonds is 9. The van der Waals surface area contributed by atoms with Crippen LogP contribution in [0.5, 0.6) is 0 Å². The molecule has 0 fully saturated rings. The van der Waals surface area contributed by atoms with Crippen LogP contribution < -0.4 is 15.3 Å². The molecule has 0 aliphatic heterocycles. The van der Waals surface area contributed by atoms with Crippen molar-refractivity contribution in [1.82, 2.24) is 5.32 Å². The Balaban J connectivity index is 3.03. The lowest BCUT2D eigenvalue weighted by molar-refractivity contribution is -0.308. The largest absolute Gasteiger partial charge is 0.548 e. The Bertz CT molecular complexity index is 548. The van der Waals surface area contributed by atoms with E-state index in [2.05, 4.69) is 5.32 Å². The third-order valence-corrected chi connectivity index (χ3v) is 3.63. The quantitative estimate of drug-likeness (QED) is 0.609. The van der Waals surface area contributed by atoms with Gasteiger partial charge < -0.3 is 25.2 Å². The molecule has 1 amide bonds. The fourth-order valence-corrected chi connectivity index (χ4v) is 2.48. The van der Waals surface area contributed by atoms with Gasteiger partial charge in [0, 0.05) is 36.1 Å². The van der Waals surface area contributed by atoms with E-state index in [-0.39, 0.29) is 5.56 Å². The van der Waals surface area contributed by atoms with Gasteiger partial charge in [0.2, 0.25) is 0 Å². The van der Waals surface area contributed by atoms with E-state index in [0.717, 1.165) is 11.3 Å². The highest BCUT2D eigenvalue weighted by Gasteiger charge is 2.16. The van der Waals surface area contributed by atoms with Crippen LogP contribution in [0.4, 0.5) is 5.69 Å². The van der Waals surface area contributed by atoms with Crippen molar-refractivity contribution in [2.24, 2.45) is 0 Å². The number of hydrogen-bond donors (Lipinski definition) is 2. The second-order valence-electron chi connectivity index (χ2n) is 4.89. The van der Waals surface area contributed by atoms with Gasteiger partial charge in [-0.25, -0.2) is 0 Å². The van der Waals surface area contributed by atoms with E-state index in [0.29, 0.717) is 24.8 Å². The lowest BCUT2D eigenvalue weighted by atomic mass is 10.1. The number of aliphatic carboxylic acids is 1. The first-order valence-corrected chi connectivity index (χ1v) is 8.11. The van der Waals surface area contributed by atoms with Crippen LogP contribution in [-0.2, 0) is 4.79 Å². The Kier molecular flexibility index (Phi) is 8.16. The fourth-order valence-electron chi connectivity index (χ4n) is 2.07. The van der Waals surface area contributed by atoms with Crippen LogP contribution in [0.25, 0.3) is 0 Å². The number of carboxylic acids is 1. The zero-order valence-electron chi connectivity index (χ0n) is 12.7. The summed E-state index contributed by atoms with van der Waals surface area (Å²) in [7, 11) is 0. The van der Waals surface area contributed by atoms with E-state index in [4.69, 9.17) is 28.3 Å². The molecule has 2 N–H and O–H groups in total. The van der Waals surface area contributed by atoms with E-state index in [1.807, 2.05) is 11.8 Å². The number of halogens is 2. The second-order valence-corrected chi connectivity index (χ2v) is 5.65. The van der Waals surface area contributed by atoms with Crippen LogP contribution in [0, 0.1) is 6.92 Å². The standard InChI is InChI=1S/C15H20Cl2N2O4/c1-10-2-3-11(14(21)18-12(9-20)15(22)23)8-13(10)19(6-4-16)7-5-17/h2-3,8,12,20H,4-7,9H2,1H3,(H,18,21)(H,22,23)/p-1/t12-/m0/s1. The molecule has 0 bridgehead atoms. The maximum absolute atomic E-state index is 12.1. The number of carboxylic acid groups (broad SMARTS) is 1. The summed E-state index contributed by atoms with van der Waals surface area (Å²) in [4.78, 5) is 24.9. The van der Waals surface area contributed by atoms with Crippen molar-refractivity contribution >= 4 is 40.8 Å². The number of amides is 1. The number of carbonyl (C=O) groups is 2. The normalized spacial score (nSPS) is 11.8. The minimum absolute atomic E-state index is 0.277. The average molecular weight is 362 g/mol. The van der Waals surface area contributed by atoms with E-state index < -0.39 is 24.5 Å². The number of carbonyl (C=O) groups excluding carboxylic acids is 2. The van der Waals surface area contributed by atoms with Crippen molar-refractivity contribution in [3.63, 3.8) is 0 Å². The Hall–Kier alpha value is -1.50. The zero-order valence-corrected chi connectivity index (χ0v) is 14.2. The van der Waals surface area contributed by atoms with Crippen molar-refractivity contribution in [2.75, 3.05) is 36.4 Å². The number of hydrogen-bond acceptors (Lipinski definition) is 5. The van der Waals surface area contributed by atoms with Gasteiger partial charge in [-0.3, -0.25) is 4.79 Å². The summed E-state index contributed by atoms with van der Waals surface area (Å²) in [5.41, 5.74) is 2.02. The number of anilines is 1. The van der Waals surface area contributed by atoms with E-state index in [1.165, 1.54) is 0 Å². The molecule has 8 heteroatoms. The maximum atomic E-state index is 12.1. The van der Waals surface area contributed by atoms with Crippen LogP contribution in [0.15, 0.2) is 18.2 Å². The van der Waals surface area contributed by atoms with Crippen LogP contribution >= 0.6 is 23.2 Å². The van der Waals surface area contributed by atoms with Crippen molar-refractivity contribution in [3.8, 4) is 0 Å². The lowest BCUT2D eigenvalue weighted by Crippen LogP contribution is -2.50. The minimum atomic E-state index is -1.54.